The summed E-state index contributed by atoms with van der Waals surface area (Å²) < 4.78 is 65.4. The number of nitrogens with one attached hydrogen (secondary N) is 1. The van der Waals surface area contributed by atoms with Crippen molar-refractivity contribution >= 4 is 87.5 Å². The van der Waals surface area contributed by atoms with E-state index in [1.165, 1.54) is 67.5 Å². The lowest BCUT2D eigenvalue weighted by atomic mass is 10.2. The smallest absolute Gasteiger partial charge is 0.250 e. The second kappa shape index (κ2) is 12.3. The molecular formula is C27H30Cl3F2N3O3S2Si. The molecule has 0 spiro atoms. The largest absolute Gasteiger partial charge is 0.541 e. The SMILES string of the molecule is CN(C)S(=O)(=O)c1c(Cl)ccc(N(C(=S)Nc2cccc(Cl)c2F)c2cccc(Cl)c2F)c1O[Si](C)(C)C(C)(C)C. The molecule has 0 atom stereocenters. The molecule has 0 amide bonds. The lowest BCUT2D eigenvalue weighted by Crippen LogP contribution is -2.45. The molecule has 14 heteroatoms. The molecule has 0 aliphatic heterocycles. The highest BCUT2D eigenvalue weighted by atomic mass is 35.5. The van der Waals surface area contributed by atoms with Gasteiger partial charge in [0, 0.05) is 14.1 Å². The average molecular weight is 681 g/mol. The molecule has 222 valence electrons. The second-order valence-electron chi connectivity index (χ2n) is 10.8. The summed E-state index contributed by atoms with van der Waals surface area (Å²) in [5, 5.41) is 1.68. The number of anilines is 3. The molecule has 0 unspecified atom stereocenters. The van der Waals surface area contributed by atoms with E-state index >= 15 is 4.39 Å². The Labute approximate surface area is 261 Å². The predicted octanol–water partition coefficient (Wildman–Crippen LogP) is 9.09. The lowest BCUT2D eigenvalue weighted by molar-refractivity contribution is 0.473. The van der Waals surface area contributed by atoms with Gasteiger partial charge in [-0.25, -0.2) is 21.5 Å². The summed E-state index contributed by atoms with van der Waals surface area (Å²) in [5.41, 5.74) is -0.189. The summed E-state index contributed by atoms with van der Waals surface area (Å²) in [5.74, 6) is -1.77. The number of rotatable bonds is 7. The maximum absolute atomic E-state index is 15.6. The first kappa shape index (κ1) is 33.5. The highest BCUT2D eigenvalue weighted by Crippen LogP contribution is 2.48. The molecule has 0 aliphatic rings. The van der Waals surface area contributed by atoms with Crippen LogP contribution in [0.15, 0.2) is 53.4 Å². The standard InChI is InChI=1S/C27H30Cl3F2N3O3S2Si/c1-27(2,3)41(6,7)38-24-21(15-14-18(30)25(24)40(36,37)34(4)5)35(20-13-9-11-17(29)23(20)32)26(39)33-19-12-8-10-16(28)22(19)31/h8-15H,1-7H3,(H,33,39). The van der Waals surface area contributed by atoms with Gasteiger partial charge >= 0.3 is 0 Å². The van der Waals surface area contributed by atoms with Crippen molar-refractivity contribution in [1.29, 1.82) is 0 Å². The Morgan fingerprint density at radius 3 is 2.02 bits per heavy atom. The van der Waals surface area contributed by atoms with Crippen molar-refractivity contribution in [2.45, 2.75) is 43.8 Å². The maximum Gasteiger partial charge on any atom is 0.250 e. The van der Waals surface area contributed by atoms with Crippen LogP contribution in [-0.2, 0) is 10.0 Å². The molecule has 6 nitrogen and oxygen atoms in total. The summed E-state index contributed by atoms with van der Waals surface area (Å²) in [6.45, 7) is 9.78. The van der Waals surface area contributed by atoms with Gasteiger partial charge in [0.15, 0.2) is 16.7 Å². The molecule has 0 aliphatic carbocycles. The van der Waals surface area contributed by atoms with Gasteiger partial charge in [-0.05, 0) is 66.7 Å². The topological polar surface area (TPSA) is 61.9 Å². The van der Waals surface area contributed by atoms with Gasteiger partial charge in [-0.3, -0.25) is 4.90 Å². The quantitative estimate of drug-likeness (QED) is 0.199. The molecule has 0 saturated carbocycles. The van der Waals surface area contributed by atoms with Crippen LogP contribution in [0.1, 0.15) is 20.8 Å². The van der Waals surface area contributed by atoms with E-state index in [1.54, 1.807) is 0 Å². The Morgan fingerprint density at radius 2 is 1.46 bits per heavy atom. The third-order valence-corrected chi connectivity index (χ3v) is 14.3. The molecule has 0 fully saturated rings. The van der Waals surface area contributed by atoms with Gasteiger partial charge < -0.3 is 9.74 Å². The van der Waals surface area contributed by atoms with E-state index < -0.39 is 30.0 Å². The zero-order valence-corrected chi connectivity index (χ0v) is 28.3. The maximum atomic E-state index is 15.6. The van der Waals surface area contributed by atoms with Gasteiger partial charge in [0.1, 0.15) is 10.6 Å². The van der Waals surface area contributed by atoms with Crippen LogP contribution in [0.5, 0.6) is 5.75 Å². The normalized spacial score (nSPS) is 12.4. The van der Waals surface area contributed by atoms with E-state index in [4.69, 9.17) is 51.4 Å². The van der Waals surface area contributed by atoms with Crippen molar-refractivity contribution in [3.63, 3.8) is 0 Å². The molecule has 3 rings (SSSR count). The molecule has 0 heterocycles. The van der Waals surface area contributed by atoms with Crippen LogP contribution >= 0.6 is 47.0 Å². The van der Waals surface area contributed by atoms with E-state index in [0.29, 0.717) is 0 Å². The fourth-order valence-corrected chi connectivity index (χ4v) is 6.67. The molecule has 0 aromatic heterocycles. The van der Waals surface area contributed by atoms with Crippen LogP contribution in [0.4, 0.5) is 25.8 Å². The molecule has 3 aromatic carbocycles. The number of halogens is 5. The summed E-state index contributed by atoms with van der Waals surface area (Å²) in [6.07, 6.45) is 0. The molecule has 41 heavy (non-hydrogen) atoms. The van der Waals surface area contributed by atoms with Crippen LogP contribution in [0.3, 0.4) is 0 Å². The Balaban J connectivity index is 2.43. The van der Waals surface area contributed by atoms with E-state index in [2.05, 4.69) is 5.32 Å². The van der Waals surface area contributed by atoms with E-state index in [9.17, 15) is 12.8 Å². The molecular weight excluding hydrogens is 651 g/mol. The number of thiocarbonyl (C=S) groups is 1. The van der Waals surface area contributed by atoms with E-state index in [0.717, 1.165) is 4.31 Å². The van der Waals surface area contributed by atoms with Crippen LogP contribution in [0.2, 0.25) is 33.2 Å². The van der Waals surface area contributed by atoms with Gasteiger partial charge in [0.25, 0.3) is 8.32 Å². The van der Waals surface area contributed by atoms with Gasteiger partial charge in [-0.15, -0.1) is 0 Å². The predicted molar refractivity (Wildman–Crippen MR) is 171 cm³/mol. The van der Waals surface area contributed by atoms with Gasteiger partial charge in [-0.1, -0.05) is 67.7 Å². The van der Waals surface area contributed by atoms with E-state index in [1.807, 2.05) is 33.9 Å². The third-order valence-electron chi connectivity index (χ3n) is 6.75. The monoisotopic (exact) mass is 679 g/mol. The Bertz CT molecular complexity index is 1600. The third kappa shape index (κ3) is 6.82. The number of sulfonamides is 1. The fourth-order valence-electron chi connectivity index (χ4n) is 3.42. The van der Waals surface area contributed by atoms with Gasteiger partial charge in [0.2, 0.25) is 10.0 Å². The van der Waals surface area contributed by atoms with Crippen LogP contribution < -0.4 is 14.6 Å². The molecule has 0 bridgehead atoms. The zero-order chi connectivity index (χ0) is 31.1. The van der Waals surface area contributed by atoms with Gasteiger partial charge in [0.05, 0.1) is 32.1 Å². The lowest BCUT2D eigenvalue weighted by Gasteiger charge is -2.39. The van der Waals surface area contributed by atoms with Crippen LogP contribution in [0.25, 0.3) is 0 Å². The first-order valence-corrected chi connectivity index (χ1v) is 18.1. The summed E-state index contributed by atoms with van der Waals surface area (Å²) >= 11 is 24.3. The fraction of sp³-hybridized carbons (Fsp3) is 0.296. The number of benzene rings is 3. The first-order chi connectivity index (χ1) is 18.8. The van der Waals surface area contributed by atoms with Crippen LogP contribution in [-0.4, -0.2) is 40.2 Å². The minimum Gasteiger partial charge on any atom is -0.541 e. The number of hydrogen-bond donors (Lipinski definition) is 1. The highest BCUT2D eigenvalue weighted by Gasteiger charge is 2.42. The minimum absolute atomic E-state index is 0.0424. The first-order valence-electron chi connectivity index (χ1n) is 12.2. The molecule has 0 saturated heterocycles. The van der Waals surface area contributed by atoms with Crippen molar-refractivity contribution in [2.75, 3.05) is 24.3 Å². The summed E-state index contributed by atoms with van der Waals surface area (Å²) in [6, 6.07) is 11.3. The van der Waals surface area contributed by atoms with Crippen molar-refractivity contribution in [3.05, 3.63) is 75.2 Å². The highest BCUT2D eigenvalue weighted by molar-refractivity contribution is 7.89. The Hall–Kier alpha value is -1.99. The zero-order valence-electron chi connectivity index (χ0n) is 23.4. The minimum atomic E-state index is -4.20. The number of hydrogen-bond acceptors (Lipinski definition) is 4. The van der Waals surface area contributed by atoms with Crippen molar-refractivity contribution < 1.29 is 21.6 Å². The van der Waals surface area contributed by atoms with Crippen LogP contribution in [0, 0.1) is 11.6 Å². The average Bonchev–Trinajstić information content (AvgIpc) is 2.85. The molecule has 3 aromatic rings. The van der Waals surface area contributed by atoms with Gasteiger partial charge in [-0.2, -0.15) is 0 Å². The molecule has 1 N–H and O–H groups in total. The van der Waals surface area contributed by atoms with E-state index in [-0.39, 0.29) is 52.9 Å². The Morgan fingerprint density at radius 1 is 0.902 bits per heavy atom. The summed E-state index contributed by atoms with van der Waals surface area (Å²) in [7, 11) is -4.25. The number of nitrogens with zero attached hydrogens (tertiary/aromatic N) is 2. The summed E-state index contributed by atoms with van der Waals surface area (Å²) in [4.78, 5) is 0.875. The Kier molecular flexibility index (Phi) is 10.1. The second-order valence-corrected chi connectivity index (χ2v) is 19.2. The molecule has 0 radical (unpaired) electrons. The van der Waals surface area contributed by atoms with Crippen molar-refractivity contribution in [2.24, 2.45) is 0 Å². The van der Waals surface area contributed by atoms with Crippen molar-refractivity contribution in [3.8, 4) is 5.75 Å². The van der Waals surface area contributed by atoms with Crippen molar-refractivity contribution in [1.82, 2.24) is 4.31 Å².